The zero-order valence-electron chi connectivity index (χ0n) is 11.4. The van der Waals surface area contributed by atoms with E-state index < -0.39 is 6.09 Å². The van der Waals surface area contributed by atoms with Gasteiger partial charge < -0.3 is 4.74 Å². The number of hydrogen-bond acceptors (Lipinski definition) is 3. The first kappa shape index (κ1) is 14.7. The summed E-state index contributed by atoms with van der Waals surface area (Å²) in [5, 5.41) is 0.973. The summed E-state index contributed by atoms with van der Waals surface area (Å²) in [6.07, 6.45) is 2.40. The fraction of sp³-hybridized carbons (Fsp3) is 0.467. The smallest absolute Gasteiger partial charge is 0.416 e. The molecule has 1 aliphatic carbocycles. The average Bonchev–Trinajstić information content (AvgIpc) is 2.98. The van der Waals surface area contributed by atoms with Crippen molar-refractivity contribution < 1.29 is 14.3 Å². The van der Waals surface area contributed by atoms with Crippen molar-refractivity contribution in [3.05, 3.63) is 33.8 Å². The van der Waals surface area contributed by atoms with Crippen LogP contribution in [0.1, 0.15) is 24.8 Å². The maximum atomic E-state index is 12.1. The van der Waals surface area contributed by atoms with E-state index >= 15 is 0 Å². The number of carbonyl (C=O) groups excluding carboxylic acids is 2. The number of halogens is 2. The van der Waals surface area contributed by atoms with Crippen LogP contribution >= 0.6 is 23.2 Å². The molecule has 1 aromatic carbocycles. The number of nitrogens with zero attached hydrogens (tertiary/aromatic N) is 1. The van der Waals surface area contributed by atoms with Crippen molar-refractivity contribution in [2.24, 2.45) is 11.8 Å². The van der Waals surface area contributed by atoms with Crippen LogP contribution in [-0.2, 0) is 16.1 Å². The van der Waals surface area contributed by atoms with Crippen molar-refractivity contribution >= 4 is 35.2 Å². The van der Waals surface area contributed by atoms with Crippen molar-refractivity contribution in [3.8, 4) is 0 Å². The molecule has 21 heavy (non-hydrogen) atoms. The molecule has 1 saturated carbocycles. The Bertz CT molecular complexity index is 570. The molecule has 0 bridgehead atoms. The van der Waals surface area contributed by atoms with Crippen LogP contribution in [0.4, 0.5) is 4.79 Å². The maximum absolute atomic E-state index is 12.1. The van der Waals surface area contributed by atoms with E-state index in [1.165, 1.54) is 4.90 Å². The number of ether oxygens (including phenoxy) is 1. The largest absolute Gasteiger partial charge is 0.444 e. The van der Waals surface area contributed by atoms with E-state index in [2.05, 4.69) is 0 Å². The highest BCUT2D eigenvalue weighted by Gasteiger charge is 2.45. The lowest BCUT2D eigenvalue weighted by Gasteiger charge is -2.15. The van der Waals surface area contributed by atoms with Gasteiger partial charge in [-0.3, -0.25) is 4.79 Å². The third kappa shape index (κ3) is 3.01. The van der Waals surface area contributed by atoms with Crippen LogP contribution in [0.2, 0.25) is 10.0 Å². The van der Waals surface area contributed by atoms with Gasteiger partial charge in [-0.1, -0.05) is 29.6 Å². The number of fused-ring (bicyclic) bond motifs is 1. The Kier molecular flexibility index (Phi) is 4.09. The highest BCUT2D eigenvalue weighted by Crippen LogP contribution is 2.38. The summed E-state index contributed by atoms with van der Waals surface area (Å²) in [6.45, 7) is 0.539. The monoisotopic (exact) mass is 327 g/mol. The van der Waals surface area contributed by atoms with Crippen molar-refractivity contribution in [3.63, 3.8) is 0 Å². The molecule has 1 heterocycles. The predicted octanol–water partition coefficient (Wildman–Crippen LogP) is 3.89. The highest BCUT2D eigenvalue weighted by atomic mass is 35.5. The topological polar surface area (TPSA) is 46.6 Å². The Morgan fingerprint density at radius 3 is 2.62 bits per heavy atom. The lowest BCUT2D eigenvalue weighted by Crippen LogP contribution is -2.34. The summed E-state index contributed by atoms with van der Waals surface area (Å²) in [4.78, 5) is 25.4. The summed E-state index contributed by atoms with van der Waals surface area (Å²) < 4.78 is 5.21. The normalized spacial score (nSPS) is 24.3. The predicted molar refractivity (Wildman–Crippen MR) is 79.2 cm³/mol. The molecule has 1 aromatic rings. The zero-order valence-corrected chi connectivity index (χ0v) is 12.9. The second kappa shape index (κ2) is 5.85. The molecular weight excluding hydrogens is 313 g/mol. The second-order valence-electron chi connectivity index (χ2n) is 5.58. The first-order chi connectivity index (χ1) is 10.0. The van der Waals surface area contributed by atoms with E-state index in [1.54, 1.807) is 18.2 Å². The Balaban J connectivity index is 1.61. The molecule has 2 unspecified atom stereocenters. The molecule has 2 atom stereocenters. The van der Waals surface area contributed by atoms with Crippen molar-refractivity contribution in [1.82, 2.24) is 4.90 Å². The summed E-state index contributed by atoms with van der Waals surface area (Å²) in [6, 6.07) is 4.97. The molecule has 2 aliphatic rings. The minimum Gasteiger partial charge on any atom is -0.444 e. The Labute approximate surface area is 133 Å². The molecule has 0 spiro atoms. The summed E-state index contributed by atoms with van der Waals surface area (Å²) in [7, 11) is 0. The lowest BCUT2D eigenvalue weighted by atomic mass is 10.0. The molecule has 6 heteroatoms. The van der Waals surface area contributed by atoms with Gasteiger partial charge in [-0.05, 0) is 42.5 Å². The molecule has 2 amide bonds. The highest BCUT2D eigenvalue weighted by molar-refractivity contribution is 6.34. The first-order valence-corrected chi connectivity index (χ1v) is 7.73. The van der Waals surface area contributed by atoms with Gasteiger partial charge in [0.2, 0.25) is 5.91 Å². The van der Waals surface area contributed by atoms with Crippen LogP contribution in [-0.4, -0.2) is 23.4 Å². The van der Waals surface area contributed by atoms with Crippen LogP contribution in [0.15, 0.2) is 18.2 Å². The molecule has 3 rings (SSSR count). The van der Waals surface area contributed by atoms with Gasteiger partial charge in [0.05, 0.1) is 0 Å². The van der Waals surface area contributed by atoms with Crippen molar-refractivity contribution in [2.45, 2.75) is 25.9 Å². The maximum Gasteiger partial charge on any atom is 0.416 e. The van der Waals surface area contributed by atoms with E-state index in [1.807, 2.05) is 0 Å². The van der Waals surface area contributed by atoms with E-state index in [9.17, 15) is 9.59 Å². The van der Waals surface area contributed by atoms with Gasteiger partial charge in [0.15, 0.2) is 0 Å². The Morgan fingerprint density at radius 2 is 1.95 bits per heavy atom. The van der Waals surface area contributed by atoms with Crippen LogP contribution in [0, 0.1) is 11.8 Å². The molecule has 0 radical (unpaired) electrons. The third-order valence-corrected chi connectivity index (χ3v) is 4.60. The standard InChI is InChI=1S/C15H15Cl2NO3/c16-11-4-9(5-12(17)6-11)8-21-15(20)18-7-10-2-1-3-13(10)14(18)19/h4-6,10,13H,1-3,7-8H2. The molecule has 4 nitrogen and oxygen atoms in total. The van der Waals surface area contributed by atoms with Gasteiger partial charge in [0.1, 0.15) is 6.61 Å². The number of likely N-dealkylation sites (tertiary alicyclic amines) is 1. The van der Waals surface area contributed by atoms with Crippen LogP contribution in [0.5, 0.6) is 0 Å². The van der Waals surface area contributed by atoms with Gasteiger partial charge in [-0.2, -0.15) is 0 Å². The number of amides is 2. The second-order valence-corrected chi connectivity index (χ2v) is 6.45. The van der Waals surface area contributed by atoms with E-state index in [4.69, 9.17) is 27.9 Å². The number of carbonyl (C=O) groups is 2. The minimum absolute atomic E-state index is 0.0122. The van der Waals surface area contributed by atoms with Gasteiger partial charge in [0.25, 0.3) is 0 Å². The van der Waals surface area contributed by atoms with Crippen LogP contribution in [0.3, 0.4) is 0 Å². The summed E-state index contributed by atoms with van der Waals surface area (Å²) >= 11 is 11.8. The van der Waals surface area contributed by atoms with Gasteiger partial charge in [-0.25, -0.2) is 9.69 Å². The summed E-state index contributed by atoms with van der Waals surface area (Å²) in [5.74, 6) is 0.232. The molecule has 1 saturated heterocycles. The Morgan fingerprint density at radius 1 is 1.24 bits per heavy atom. The van der Waals surface area contributed by atoms with E-state index in [-0.39, 0.29) is 18.4 Å². The summed E-state index contributed by atoms with van der Waals surface area (Å²) in [5.41, 5.74) is 0.702. The third-order valence-electron chi connectivity index (χ3n) is 4.16. The number of imide groups is 1. The number of benzene rings is 1. The van der Waals surface area contributed by atoms with Gasteiger partial charge >= 0.3 is 6.09 Å². The van der Waals surface area contributed by atoms with Gasteiger partial charge in [0, 0.05) is 22.5 Å². The molecule has 1 aliphatic heterocycles. The quantitative estimate of drug-likeness (QED) is 0.827. The SMILES string of the molecule is O=C(OCc1cc(Cl)cc(Cl)c1)N1CC2CCCC2C1=O. The first-order valence-electron chi connectivity index (χ1n) is 6.97. The minimum atomic E-state index is -0.578. The fourth-order valence-corrected chi connectivity index (χ4v) is 3.76. The van der Waals surface area contributed by atoms with Crippen LogP contribution in [0.25, 0.3) is 0 Å². The van der Waals surface area contributed by atoms with Crippen molar-refractivity contribution in [2.75, 3.05) is 6.54 Å². The van der Waals surface area contributed by atoms with Gasteiger partial charge in [-0.15, -0.1) is 0 Å². The molecule has 0 aromatic heterocycles. The molecular formula is C15H15Cl2NO3. The number of rotatable bonds is 2. The zero-order chi connectivity index (χ0) is 15.0. The molecule has 0 N–H and O–H groups in total. The number of hydrogen-bond donors (Lipinski definition) is 0. The lowest BCUT2D eigenvalue weighted by molar-refractivity contribution is -0.129. The fourth-order valence-electron chi connectivity index (χ4n) is 3.19. The van der Waals surface area contributed by atoms with E-state index in [0.717, 1.165) is 19.3 Å². The van der Waals surface area contributed by atoms with E-state index in [0.29, 0.717) is 28.1 Å². The van der Waals surface area contributed by atoms with Crippen LogP contribution < -0.4 is 0 Å². The van der Waals surface area contributed by atoms with Crippen molar-refractivity contribution in [1.29, 1.82) is 0 Å². The molecule has 2 fully saturated rings. The molecule has 112 valence electrons. The average molecular weight is 328 g/mol. The Hall–Kier alpha value is -1.26.